The maximum Gasteiger partial charge on any atom is 0.427 e. The number of oxazole rings is 1. The highest BCUT2D eigenvalue weighted by molar-refractivity contribution is 5.08. The van der Waals surface area contributed by atoms with E-state index < -0.39 is 24.1 Å². The Morgan fingerprint density at radius 3 is 2.53 bits per heavy atom. The third-order valence-corrected chi connectivity index (χ3v) is 1.78. The molecular formula is C8H7F3N2O2. The predicted molar refractivity (Wildman–Crippen MR) is 41.4 cm³/mol. The first-order chi connectivity index (χ1) is 6.81. The van der Waals surface area contributed by atoms with Gasteiger partial charge < -0.3 is 9.52 Å². The van der Waals surface area contributed by atoms with Crippen molar-refractivity contribution in [2.24, 2.45) is 0 Å². The van der Waals surface area contributed by atoms with Crippen LogP contribution >= 0.6 is 0 Å². The fraction of sp³-hybridized carbons (Fsp3) is 0.500. The normalized spacial score (nSPS) is 15.7. The van der Waals surface area contributed by atoms with Crippen molar-refractivity contribution in [3.8, 4) is 6.07 Å². The van der Waals surface area contributed by atoms with Crippen LogP contribution in [-0.4, -0.2) is 16.3 Å². The van der Waals surface area contributed by atoms with Crippen molar-refractivity contribution in [1.29, 1.82) is 5.26 Å². The van der Waals surface area contributed by atoms with Gasteiger partial charge in [0.05, 0.1) is 18.7 Å². The largest absolute Gasteiger partial charge is 0.442 e. The number of rotatable bonds is 2. The van der Waals surface area contributed by atoms with Crippen molar-refractivity contribution < 1.29 is 22.7 Å². The van der Waals surface area contributed by atoms with Crippen molar-refractivity contribution in [3.63, 3.8) is 0 Å². The highest BCUT2D eigenvalue weighted by atomic mass is 19.4. The van der Waals surface area contributed by atoms with E-state index in [0.717, 1.165) is 6.20 Å². The summed E-state index contributed by atoms with van der Waals surface area (Å²) in [4.78, 5) is 3.29. The average Bonchev–Trinajstić information content (AvgIpc) is 2.50. The smallest absolute Gasteiger partial charge is 0.427 e. The van der Waals surface area contributed by atoms with Crippen LogP contribution in [0.1, 0.15) is 18.1 Å². The third-order valence-electron chi connectivity index (χ3n) is 1.78. The van der Waals surface area contributed by atoms with Gasteiger partial charge in [-0.3, -0.25) is 0 Å². The van der Waals surface area contributed by atoms with Gasteiger partial charge in [-0.25, -0.2) is 4.98 Å². The van der Waals surface area contributed by atoms with Crippen LogP contribution in [0.15, 0.2) is 10.6 Å². The Morgan fingerprint density at radius 2 is 2.20 bits per heavy atom. The molecule has 0 amide bonds. The van der Waals surface area contributed by atoms with E-state index in [1.807, 2.05) is 0 Å². The summed E-state index contributed by atoms with van der Waals surface area (Å²) in [6.07, 6.45) is -5.11. The van der Waals surface area contributed by atoms with E-state index in [0.29, 0.717) is 0 Å². The fourth-order valence-corrected chi connectivity index (χ4v) is 0.957. The molecule has 0 saturated heterocycles. The van der Waals surface area contributed by atoms with Gasteiger partial charge in [0.2, 0.25) is 11.5 Å². The summed E-state index contributed by atoms with van der Waals surface area (Å²) in [7, 11) is 0. The number of halogens is 3. The van der Waals surface area contributed by atoms with Crippen molar-refractivity contribution in [2.45, 2.75) is 25.1 Å². The first kappa shape index (κ1) is 11.5. The Bertz CT molecular complexity index is 393. The zero-order valence-corrected chi connectivity index (χ0v) is 7.67. The van der Waals surface area contributed by atoms with Crippen molar-refractivity contribution >= 4 is 0 Å². The number of nitriles is 1. The van der Waals surface area contributed by atoms with Gasteiger partial charge in [0, 0.05) is 0 Å². The SMILES string of the molecule is Cc1cnc(C(O)(CC#N)C(F)(F)F)o1. The first-order valence-corrected chi connectivity index (χ1v) is 3.90. The van der Waals surface area contributed by atoms with E-state index in [1.54, 1.807) is 0 Å². The zero-order valence-electron chi connectivity index (χ0n) is 7.67. The van der Waals surface area contributed by atoms with E-state index in [1.165, 1.54) is 13.0 Å². The predicted octanol–water partition coefficient (Wildman–Crippen LogP) is 1.65. The average molecular weight is 220 g/mol. The molecule has 1 N–H and O–H groups in total. The minimum Gasteiger partial charge on any atom is -0.442 e. The second kappa shape index (κ2) is 3.55. The topological polar surface area (TPSA) is 70.1 Å². The number of aryl methyl sites for hydroxylation is 1. The van der Waals surface area contributed by atoms with E-state index >= 15 is 0 Å². The molecule has 0 bridgehead atoms. The molecule has 1 atom stereocenters. The molecule has 0 aliphatic carbocycles. The first-order valence-electron chi connectivity index (χ1n) is 3.90. The Hall–Kier alpha value is -1.55. The van der Waals surface area contributed by atoms with Gasteiger partial charge in [0.15, 0.2) is 0 Å². The molecule has 0 aromatic carbocycles. The monoisotopic (exact) mass is 220 g/mol. The molecule has 0 aliphatic rings. The molecular weight excluding hydrogens is 213 g/mol. The Balaban J connectivity index is 3.19. The van der Waals surface area contributed by atoms with Crippen molar-refractivity contribution in [2.75, 3.05) is 0 Å². The summed E-state index contributed by atoms with van der Waals surface area (Å²) in [6, 6.07) is 1.25. The Morgan fingerprint density at radius 1 is 1.60 bits per heavy atom. The molecule has 1 heterocycles. The van der Waals surface area contributed by atoms with Gasteiger partial charge in [0.25, 0.3) is 0 Å². The Labute approximate surface area is 83.0 Å². The second-order valence-electron chi connectivity index (χ2n) is 2.97. The lowest BCUT2D eigenvalue weighted by Gasteiger charge is -2.24. The molecule has 1 aromatic heterocycles. The lowest BCUT2D eigenvalue weighted by molar-refractivity contribution is -0.272. The van der Waals surface area contributed by atoms with Gasteiger partial charge in [-0.2, -0.15) is 18.4 Å². The number of aromatic nitrogens is 1. The molecule has 0 radical (unpaired) electrons. The van der Waals surface area contributed by atoms with Crippen molar-refractivity contribution in [3.05, 3.63) is 17.8 Å². The molecule has 15 heavy (non-hydrogen) atoms. The van der Waals surface area contributed by atoms with Gasteiger partial charge in [0.1, 0.15) is 5.76 Å². The molecule has 0 spiro atoms. The molecule has 1 aromatic rings. The fourth-order valence-electron chi connectivity index (χ4n) is 0.957. The third kappa shape index (κ3) is 1.94. The summed E-state index contributed by atoms with van der Waals surface area (Å²) in [5.74, 6) is -0.778. The maximum absolute atomic E-state index is 12.5. The molecule has 0 saturated carbocycles. The van der Waals surface area contributed by atoms with Crippen LogP contribution in [0.3, 0.4) is 0 Å². The highest BCUT2D eigenvalue weighted by Gasteiger charge is 2.58. The lowest BCUT2D eigenvalue weighted by atomic mass is 10.00. The summed E-state index contributed by atoms with van der Waals surface area (Å²) >= 11 is 0. The minimum atomic E-state index is -5.00. The van der Waals surface area contributed by atoms with Crippen LogP contribution in [0.4, 0.5) is 13.2 Å². The van der Waals surface area contributed by atoms with E-state index in [-0.39, 0.29) is 5.76 Å². The number of hydrogen-bond acceptors (Lipinski definition) is 4. The van der Waals surface area contributed by atoms with Gasteiger partial charge >= 0.3 is 6.18 Å². The lowest BCUT2D eigenvalue weighted by Crippen LogP contribution is -2.42. The Kier molecular flexibility index (Phi) is 2.73. The molecule has 0 fully saturated rings. The number of aliphatic hydroxyl groups is 1. The van der Waals surface area contributed by atoms with Crippen LogP contribution in [-0.2, 0) is 5.60 Å². The van der Waals surface area contributed by atoms with Gasteiger partial charge in [-0.05, 0) is 6.92 Å². The molecule has 0 aliphatic heterocycles. The van der Waals surface area contributed by atoms with Crippen molar-refractivity contribution in [1.82, 2.24) is 4.98 Å². The molecule has 4 nitrogen and oxygen atoms in total. The zero-order chi connectivity index (χ0) is 11.7. The summed E-state index contributed by atoms with van der Waals surface area (Å²) in [5.41, 5.74) is -3.34. The van der Waals surface area contributed by atoms with Crippen LogP contribution in [0.25, 0.3) is 0 Å². The molecule has 82 valence electrons. The van der Waals surface area contributed by atoms with Crippen LogP contribution in [0.2, 0.25) is 0 Å². The summed E-state index contributed by atoms with van der Waals surface area (Å²) < 4.78 is 42.1. The quantitative estimate of drug-likeness (QED) is 0.822. The summed E-state index contributed by atoms with van der Waals surface area (Å²) in [6.45, 7) is 1.39. The minimum absolute atomic E-state index is 0.130. The van der Waals surface area contributed by atoms with Crippen LogP contribution < -0.4 is 0 Å². The maximum atomic E-state index is 12.5. The molecule has 1 rings (SSSR count). The number of alkyl halides is 3. The van der Waals surface area contributed by atoms with Gasteiger partial charge in [-0.15, -0.1) is 0 Å². The molecule has 7 heteroatoms. The van der Waals surface area contributed by atoms with Crippen LogP contribution in [0, 0.1) is 18.3 Å². The number of hydrogen-bond donors (Lipinski definition) is 1. The second-order valence-corrected chi connectivity index (χ2v) is 2.97. The number of nitrogens with zero attached hydrogens (tertiary/aromatic N) is 2. The standard InChI is InChI=1S/C8H7F3N2O2/c1-5-4-13-6(15-5)7(14,2-3-12)8(9,10)11/h4,14H,2H2,1H3. The van der Waals surface area contributed by atoms with Gasteiger partial charge in [-0.1, -0.05) is 0 Å². The van der Waals surface area contributed by atoms with Crippen LogP contribution in [0.5, 0.6) is 0 Å². The highest BCUT2D eigenvalue weighted by Crippen LogP contribution is 2.40. The van der Waals surface area contributed by atoms with E-state index in [4.69, 9.17) is 5.26 Å². The van der Waals surface area contributed by atoms with E-state index in [9.17, 15) is 18.3 Å². The molecule has 1 unspecified atom stereocenters. The van der Waals surface area contributed by atoms with E-state index in [2.05, 4.69) is 9.40 Å². The summed E-state index contributed by atoms with van der Waals surface area (Å²) in [5, 5.41) is 17.6.